The second-order valence-corrected chi connectivity index (χ2v) is 4.52. The zero-order chi connectivity index (χ0) is 12.3. The van der Waals surface area contributed by atoms with Gasteiger partial charge in [0.1, 0.15) is 5.69 Å². The molecule has 90 valence electrons. The first kappa shape index (κ1) is 11.8. The second-order valence-electron chi connectivity index (χ2n) is 4.52. The van der Waals surface area contributed by atoms with Gasteiger partial charge in [-0.25, -0.2) is 0 Å². The van der Waals surface area contributed by atoms with E-state index in [0.29, 0.717) is 12.5 Å². The third-order valence-corrected chi connectivity index (χ3v) is 3.14. The number of terminal acetylenes is 1. The molecule has 1 aliphatic carbocycles. The minimum atomic E-state index is -0.0102. The first-order chi connectivity index (χ1) is 8.26. The van der Waals surface area contributed by atoms with Gasteiger partial charge in [0.15, 0.2) is 0 Å². The summed E-state index contributed by atoms with van der Waals surface area (Å²) < 4.78 is 2.07. The summed E-state index contributed by atoms with van der Waals surface area (Å²) in [5, 5.41) is 2.99. The highest BCUT2D eigenvalue weighted by Crippen LogP contribution is 2.35. The number of carbonyl (C=O) groups excluding carboxylic acids is 1. The maximum absolute atomic E-state index is 12.1. The summed E-state index contributed by atoms with van der Waals surface area (Å²) in [6.07, 6.45) is 11.1. The van der Waals surface area contributed by atoms with Crippen molar-refractivity contribution in [1.29, 1.82) is 0 Å². The zero-order valence-corrected chi connectivity index (χ0v) is 10.1. The molecule has 3 heteroatoms. The summed E-state index contributed by atoms with van der Waals surface area (Å²) in [6.45, 7) is 2.03. The van der Waals surface area contributed by atoms with Crippen molar-refractivity contribution in [1.82, 2.24) is 9.88 Å². The molecule has 0 bridgehead atoms. The van der Waals surface area contributed by atoms with E-state index in [0.717, 1.165) is 12.1 Å². The number of rotatable bonds is 5. The molecule has 17 heavy (non-hydrogen) atoms. The molecule has 0 radical (unpaired) electrons. The Hall–Kier alpha value is -1.69. The number of hydrogen-bond donors (Lipinski definition) is 1. The van der Waals surface area contributed by atoms with Gasteiger partial charge in [0.05, 0.1) is 0 Å². The normalized spacial score (nSPS) is 16.2. The van der Waals surface area contributed by atoms with Crippen LogP contribution in [0.3, 0.4) is 0 Å². The van der Waals surface area contributed by atoms with Crippen LogP contribution in [0.4, 0.5) is 0 Å². The van der Waals surface area contributed by atoms with E-state index in [1.165, 1.54) is 12.8 Å². The van der Waals surface area contributed by atoms with E-state index < -0.39 is 0 Å². The fourth-order valence-electron chi connectivity index (χ4n) is 1.96. The summed E-state index contributed by atoms with van der Waals surface area (Å²) in [4.78, 5) is 12.1. The van der Waals surface area contributed by atoms with Crippen molar-refractivity contribution in [2.24, 2.45) is 0 Å². The van der Waals surface area contributed by atoms with E-state index in [2.05, 4.69) is 15.8 Å². The van der Waals surface area contributed by atoms with Gasteiger partial charge in [-0.1, -0.05) is 6.92 Å². The highest BCUT2D eigenvalue weighted by atomic mass is 16.2. The van der Waals surface area contributed by atoms with Crippen LogP contribution in [0.1, 0.15) is 49.1 Å². The lowest BCUT2D eigenvalue weighted by molar-refractivity contribution is 0.0927. The molecule has 1 saturated carbocycles. The van der Waals surface area contributed by atoms with E-state index >= 15 is 0 Å². The van der Waals surface area contributed by atoms with Crippen molar-refractivity contribution in [3.05, 3.63) is 24.0 Å². The Labute approximate surface area is 102 Å². The fourth-order valence-corrected chi connectivity index (χ4v) is 1.96. The summed E-state index contributed by atoms with van der Waals surface area (Å²) in [5.74, 6) is 2.59. The lowest BCUT2D eigenvalue weighted by atomic mass is 10.1. The summed E-state index contributed by atoms with van der Waals surface area (Å²) >= 11 is 0. The summed E-state index contributed by atoms with van der Waals surface area (Å²) in [6, 6.07) is 4.40. The Morgan fingerprint density at radius 2 is 2.47 bits per heavy atom. The van der Waals surface area contributed by atoms with E-state index in [-0.39, 0.29) is 11.9 Å². The second kappa shape index (κ2) is 5.09. The maximum Gasteiger partial charge on any atom is 0.268 e. The van der Waals surface area contributed by atoms with Crippen LogP contribution >= 0.6 is 0 Å². The first-order valence-electron chi connectivity index (χ1n) is 6.17. The van der Waals surface area contributed by atoms with Gasteiger partial charge in [0, 0.05) is 24.7 Å². The number of nitrogens with one attached hydrogen (secondary N) is 1. The van der Waals surface area contributed by atoms with E-state index in [1.807, 2.05) is 25.3 Å². The van der Waals surface area contributed by atoms with Gasteiger partial charge in [0.2, 0.25) is 0 Å². The molecule has 1 aromatic rings. The number of amides is 1. The molecule has 1 heterocycles. The fraction of sp³-hybridized carbons (Fsp3) is 0.500. The topological polar surface area (TPSA) is 34.0 Å². The van der Waals surface area contributed by atoms with Crippen LogP contribution in [-0.4, -0.2) is 16.5 Å². The highest BCUT2D eigenvalue weighted by molar-refractivity contribution is 5.93. The minimum absolute atomic E-state index is 0.0102. The van der Waals surface area contributed by atoms with E-state index in [4.69, 9.17) is 6.42 Å². The van der Waals surface area contributed by atoms with Gasteiger partial charge in [-0.2, -0.15) is 0 Å². The number of nitrogens with zero attached hydrogens (tertiary/aromatic N) is 1. The Balaban J connectivity index is 2.03. The van der Waals surface area contributed by atoms with Gasteiger partial charge in [0.25, 0.3) is 5.91 Å². The van der Waals surface area contributed by atoms with Gasteiger partial charge in [-0.15, -0.1) is 12.3 Å². The zero-order valence-electron chi connectivity index (χ0n) is 10.1. The predicted molar refractivity (Wildman–Crippen MR) is 67.7 cm³/mol. The lowest BCUT2D eigenvalue weighted by Crippen LogP contribution is -2.35. The van der Waals surface area contributed by atoms with E-state index in [9.17, 15) is 4.79 Å². The van der Waals surface area contributed by atoms with Crippen molar-refractivity contribution in [2.75, 3.05) is 0 Å². The SMILES string of the molecule is C#CCC(CC)NC(=O)c1cccn1C1CC1. The molecule has 0 aliphatic heterocycles. The van der Waals surface area contributed by atoms with Gasteiger partial charge in [-0.05, 0) is 31.4 Å². The van der Waals surface area contributed by atoms with Crippen molar-refractivity contribution in [3.63, 3.8) is 0 Å². The molecule has 0 aromatic carbocycles. The van der Waals surface area contributed by atoms with Crippen molar-refractivity contribution in [2.45, 2.75) is 44.7 Å². The Bertz CT molecular complexity index is 437. The lowest BCUT2D eigenvalue weighted by Gasteiger charge is -2.15. The van der Waals surface area contributed by atoms with Crippen molar-refractivity contribution in [3.8, 4) is 12.3 Å². The largest absolute Gasteiger partial charge is 0.347 e. The highest BCUT2D eigenvalue weighted by Gasteiger charge is 2.27. The van der Waals surface area contributed by atoms with Gasteiger partial charge in [-0.3, -0.25) is 4.79 Å². The van der Waals surface area contributed by atoms with Crippen LogP contribution in [0, 0.1) is 12.3 Å². The average molecular weight is 230 g/mol. The van der Waals surface area contributed by atoms with Crippen LogP contribution in [0.2, 0.25) is 0 Å². The third-order valence-electron chi connectivity index (χ3n) is 3.14. The number of carbonyl (C=O) groups is 1. The van der Waals surface area contributed by atoms with Crippen molar-refractivity contribution < 1.29 is 4.79 Å². The molecule has 1 N–H and O–H groups in total. The Morgan fingerprint density at radius 1 is 1.71 bits per heavy atom. The smallest absolute Gasteiger partial charge is 0.268 e. The number of aromatic nitrogens is 1. The molecule has 1 aromatic heterocycles. The maximum atomic E-state index is 12.1. The predicted octanol–water partition coefficient (Wildman–Crippen LogP) is 2.35. The molecule has 2 rings (SSSR count). The van der Waals surface area contributed by atoms with Crippen molar-refractivity contribution >= 4 is 5.91 Å². The molecule has 1 atom stereocenters. The van der Waals surface area contributed by atoms with Crippen LogP contribution in [-0.2, 0) is 0 Å². The first-order valence-corrected chi connectivity index (χ1v) is 6.17. The van der Waals surface area contributed by atoms with Crippen LogP contribution in [0.25, 0.3) is 0 Å². The minimum Gasteiger partial charge on any atom is -0.347 e. The van der Waals surface area contributed by atoms with Crippen LogP contribution in [0.5, 0.6) is 0 Å². The molecule has 3 nitrogen and oxygen atoms in total. The number of hydrogen-bond acceptors (Lipinski definition) is 1. The van der Waals surface area contributed by atoms with Gasteiger partial charge < -0.3 is 9.88 Å². The monoisotopic (exact) mass is 230 g/mol. The molecule has 1 aliphatic rings. The molecule has 0 spiro atoms. The average Bonchev–Trinajstić information content (AvgIpc) is 3.06. The molecule has 1 unspecified atom stereocenters. The van der Waals surface area contributed by atoms with Crippen LogP contribution < -0.4 is 5.32 Å². The Morgan fingerprint density at radius 3 is 3.06 bits per heavy atom. The van der Waals surface area contributed by atoms with E-state index in [1.54, 1.807) is 0 Å². The third kappa shape index (κ3) is 2.71. The molecule has 1 fully saturated rings. The van der Waals surface area contributed by atoms with Crippen LogP contribution in [0.15, 0.2) is 18.3 Å². The molecule has 0 saturated heterocycles. The Kier molecular flexibility index (Phi) is 3.53. The summed E-state index contributed by atoms with van der Waals surface area (Å²) in [5.41, 5.74) is 0.753. The molecule has 1 amide bonds. The standard InChI is InChI=1S/C14H18N2O/c1-3-6-11(4-2)15-14(17)13-7-5-10-16(13)12-8-9-12/h1,5,7,10-12H,4,6,8-9H2,2H3,(H,15,17). The quantitative estimate of drug-likeness (QED) is 0.774. The molecular weight excluding hydrogens is 212 g/mol. The molecular formula is C14H18N2O. The summed E-state index contributed by atoms with van der Waals surface area (Å²) in [7, 11) is 0. The van der Waals surface area contributed by atoms with Gasteiger partial charge >= 0.3 is 0 Å².